The summed E-state index contributed by atoms with van der Waals surface area (Å²) >= 11 is 6.04. The maximum Gasteiger partial charge on any atom is 0.248 e. The maximum absolute atomic E-state index is 12.1. The molecule has 5 nitrogen and oxygen atoms in total. The summed E-state index contributed by atoms with van der Waals surface area (Å²) in [6, 6.07) is 7.46. The molecule has 0 spiro atoms. The van der Waals surface area contributed by atoms with Gasteiger partial charge in [0.1, 0.15) is 6.61 Å². The number of nitrogens with zero attached hydrogens (tertiary/aromatic N) is 2. The lowest BCUT2D eigenvalue weighted by Gasteiger charge is -2.35. The van der Waals surface area contributed by atoms with Gasteiger partial charge in [0.2, 0.25) is 5.91 Å². The summed E-state index contributed by atoms with van der Waals surface area (Å²) in [7, 11) is 0. The largest absolute Gasteiger partial charge is 0.392 e. The van der Waals surface area contributed by atoms with Crippen LogP contribution in [0.25, 0.3) is 0 Å². The van der Waals surface area contributed by atoms with E-state index in [2.05, 4.69) is 4.90 Å². The predicted molar refractivity (Wildman–Crippen MR) is 85.8 cm³/mol. The molecule has 22 heavy (non-hydrogen) atoms. The van der Waals surface area contributed by atoms with Crippen molar-refractivity contribution in [1.29, 1.82) is 0 Å². The Morgan fingerprint density at radius 2 is 2.00 bits per heavy atom. The second-order valence-electron chi connectivity index (χ2n) is 5.61. The Kier molecular flexibility index (Phi) is 6.64. The first-order valence-electron chi connectivity index (χ1n) is 7.55. The van der Waals surface area contributed by atoms with Gasteiger partial charge in [0, 0.05) is 37.7 Å². The zero-order chi connectivity index (χ0) is 15.9. The van der Waals surface area contributed by atoms with Crippen molar-refractivity contribution < 1.29 is 14.6 Å². The van der Waals surface area contributed by atoms with E-state index in [4.69, 9.17) is 16.3 Å². The lowest BCUT2D eigenvalue weighted by Crippen LogP contribution is -2.51. The van der Waals surface area contributed by atoms with Gasteiger partial charge in [0.15, 0.2) is 0 Å². The minimum absolute atomic E-state index is 0.00347. The van der Waals surface area contributed by atoms with Crippen molar-refractivity contribution in [3.8, 4) is 0 Å². The van der Waals surface area contributed by atoms with Gasteiger partial charge in [0.05, 0.1) is 12.7 Å². The molecule has 0 bridgehead atoms. The number of hydrogen-bond acceptors (Lipinski definition) is 4. The summed E-state index contributed by atoms with van der Waals surface area (Å²) in [4.78, 5) is 16.1. The number of aliphatic hydroxyl groups excluding tert-OH is 1. The zero-order valence-electron chi connectivity index (χ0n) is 12.9. The van der Waals surface area contributed by atoms with Crippen LogP contribution in [0.4, 0.5) is 0 Å². The van der Waals surface area contributed by atoms with Crippen LogP contribution in [0.3, 0.4) is 0 Å². The van der Waals surface area contributed by atoms with Crippen LogP contribution in [0.5, 0.6) is 0 Å². The van der Waals surface area contributed by atoms with Gasteiger partial charge in [-0.1, -0.05) is 29.8 Å². The van der Waals surface area contributed by atoms with E-state index >= 15 is 0 Å². The Balaban J connectivity index is 1.69. The highest BCUT2D eigenvalue weighted by Gasteiger charge is 2.21. The number of rotatable bonds is 6. The number of β-amino-alcohol motifs (C(OH)–C–C–N with tert-alkyl or cyclic N) is 1. The number of carbonyl (C=O) groups excluding carboxylic acids is 1. The number of piperazine rings is 1. The normalized spacial score (nSPS) is 17.5. The lowest BCUT2D eigenvalue weighted by molar-refractivity contribution is -0.138. The van der Waals surface area contributed by atoms with Gasteiger partial charge in [-0.3, -0.25) is 9.69 Å². The first-order valence-corrected chi connectivity index (χ1v) is 7.93. The summed E-state index contributed by atoms with van der Waals surface area (Å²) < 4.78 is 5.48. The van der Waals surface area contributed by atoms with Crippen molar-refractivity contribution in [3.05, 3.63) is 34.9 Å². The molecule has 1 fully saturated rings. The number of aliphatic hydroxyl groups is 1. The SMILES string of the molecule is C[C@@H](O)CN1CCN(C(=O)COCc2ccccc2Cl)CC1. The average molecular weight is 327 g/mol. The topological polar surface area (TPSA) is 53.0 Å². The van der Waals surface area contributed by atoms with E-state index < -0.39 is 0 Å². The van der Waals surface area contributed by atoms with Gasteiger partial charge in [0.25, 0.3) is 0 Å². The average Bonchev–Trinajstić information content (AvgIpc) is 2.49. The second kappa shape index (κ2) is 8.48. The van der Waals surface area contributed by atoms with Crippen molar-refractivity contribution in [2.24, 2.45) is 0 Å². The van der Waals surface area contributed by atoms with Crippen molar-refractivity contribution in [2.75, 3.05) is 39.3 Å². The Bertz CT molecular complexity index is 488. The smallest absolute Gasteiger partial charge is 0.248 e. The van der Waals surface area contributed by atoms with Crippen molar-refractivity contribution in [2.45, 2.75) is 19.6 Å². The molecule has 1 aromatic rings. The van der Waals surface area contributed by atoms with Crippen molar-refractivity contribution in [3.63, 3.8) is 0 Å². The predicted octanol–water partition coefficient (Wildman–Crippen LogP) is 1.38. The standard InChI is InChI=1S/C16H23ClN2O3/c1-13(20)10-18-6-8-19(9-7-18)16(21)12-22-11-14-4-2-3-5-15(14)17/h2-5,13,20H,6-12H2,1H3/t13-/m1/s1. The van der Waals surface area contributed by atoms with E-state index in [1.807, 2.05) is 29.2 Å². The molecule has 1 N–H and O–H groups in total. The van der Waals surface area contributed by atoms with Crippen LogP contribution in [0.15, 0.2) is 24.3 Å². The lowest BCUT2D eigenvalue weighted by atomic mass is 10.2. The highest BCUT2D eigenvalue weighted by atomic mass is 35.5. The molecular formula is C16H23ClN2O3. The number of halogens is 1. The maximum atomic E-state index is 12.1. The number of ether oxygens (including phenoxy) is 1. The number of hydrogen-bond donors (Lipinski definition) is 1. The molecule has 2 rings (SSSR count). The first-order chi connectivity index (χ1) is 10.6. The van der Waals surface area contributed by atoms with Gasteiger partial charge in [-0.15, -0.1) is 0 Å². The Morgan fingerprint density at radius 1 is 1.32 bits per heavy atom. The van der Waals surface area contributed by atoms with Gasteiger partial charge < -0.3 is 14.7 Å². The Morgan fingerprint density at radius 3 is 2.64 bits per heavy atom. The van der Waals surface area contributed by atoms with Crippen molar-refractivity contribution >= 4 is 17.5 Å². The molecule has 6 heteroatoms. The van der Waals surface area contributed by atoms with Crippen LogP contribution < -0.4 is 0 Å². The molecule has 1 amide bonds. The minimum Gasteiger partial charge on any atom is -0.392 e. The zero-order valence-corrected chi connectivity index (χ0v) is 13.6. The summed E-state index contributed by atoms with van der Waals surface area (Å²) in [5, 5.41) is 10.0. The van der Waals surface area contributed by atoms with Crippen LogP contribution >= 0.6 is 11.6 Å². The molecule has 1 aromatic carbocycles. The molecule has 1 atom stereocenters. The number of benzene rings is 1. The van der Waals surface area contributed by atoms with Gasteiger partial charge >= 0.3 is 0 Å². The third-order valence-corrected chi connectivity index (χ3v) is 4.06. The van der Waals surface area contributed by atoms with Crippen LogP contribution in [-0.2, 0) is 16.1 Å². The summed E-state index contributed by atoms with van der Waals surface area (Å²) in [5.41, 5.74) is 0.888. The van der Waals surface area contributed by atoms with Crippen LogP contribution in [-0.4, -0.2) is 66.2 Å². The molecule has 0 unspecified atom stereocenters. The summed E-state index contributed by atoms with van der Waals surface area (Å²) in [6.07, 6.45) is -0.332. The summed E-state index contributed by atoms with van der Waals surface area (Å²) in [6.45, 7) is 5.80. The Hall–Kier alpha value is -1.14. The van der Waals surface area contributed by atoms with E-state index in [0.717, 1.165) is 18.7 Å². The highest BCUT2D eigenvalue weighted by molar-refractivity contribution is 6.31. The van der Waals surface area contributed by atoms with Crippen LogP contribution in [0.1, 0.15) is 12.5 Å². The molecule has 122 valence electrons. The fourth-order valence-corrected chi connectivity index (χ4v) is 2.70. The van der Waals surface area contributed by atoms with E-state index in [-0.39, 0.29) is 18.6 Å². The molecule has 1 saturated heterocycles. The van der Waals surface area contributed by atoms with E-state index in [9.17, 15) is 9.90 Å². The van der Waals surface area contributed by atoms with Crippen molar-refractivity contribution in [1.82, 2.24) is 9.80 Å². The third kappa shape index (κ3) is 5.25. The number of amides is 1. The molecule has 0 radical (unpaired) electrons. The van der Waals surface area contributed by atoms with E-state index in [1.54, 1.807) is 6.92 Å². The molecule has 1 heterocycles. The molecule has 1 aliphatic rings. The fraction of sp³-hybridized carbons (Fsp3) is 0.562. The molecule has 1 aliphatic heterocycles. The molecule has 0 aromatic heterocycles. The summed E-state index contributed by atoms with van der Waals surface area (Å²) in [5.74, 6) is 0.00347. The van der Waals surface area contributed by atoms with Crippen LogP contribution in [0, 0.1) is 0 Å². The molecular weight excluding hydrogens is 304 g/mol. The fourth-order valence-electron chi connectivity index (χ4n) is 2.51. The molecule has 0 saturated carbocycles. The Labute approximate surface area is 136 Å². The van der Waals surface area contributed by atoms with Gasteiger partial charge in [-0.05, 0) is 18.6 Å². The van der Waals surface area contributed by atoms with Gasteiger partial charge in [-0.25, -0.2) is 0 Å². The quantitative estimate of drug-likeness (QED) is 0.858. The van der Waals surface area contributed by atoms with E-state index in [1.165, 1.54) is 0 Å². The first kappa shape index (κ1) is 17.2. The van der Waals surface area contributed by atoms with Crippen LogP contribution in [0.2, 0.25) is 5.02 Å². The van der Waals surface area contributed by atoms with E-state index in [0.29, 0.717) is 31.3 Å². The minimum atomic E-state index is -0.332. The number of carbonyl (C=O) groups is 1. The molecule has 0 aliphatic carbocycles. The van der Waals surface area contributed by atoms with Gasteiger partial charge in [-0.2, -0.15) is 0 Å². The second-order valence-corrected chi connectivity index (χ2v) is 6.02. The monoisotopic (exact) mass is 326 g/mol. The third-order valence-electron chi connectivity index (χ3n) is 3.69. The highest BCUT2D eigenvalue weighted by Crippen LogP contribution is 2.15.